The monoisotopic (exact) mass is 249 g/mol. The number of rotatable bonds is 4. The first kappa shape index (κ1) is 12.4. The summed E-state index contributed by atoms with van der Waals surface area (Å²) < 4.78 is 5.09. The van der Waals surface area contributed by atoms with Crippen molar-refractivity contribution in [3.63, 3.8) is 0 Å². The number of phenolic OH excluding ortho intramolecular Hbond substituents is 1. The average Bonchev–Trinajstić information content (AvgIpc) is 2.78. The van der Waals surface area contributed by atoms with E-state index < -0.39 is 6.04 Å². The van der Waals surface area contributed by atoms with Gasteiger partial charge in [0.15, 0.2) is 0 Å². The van der Waals surface area contributed by atoms with Gasteiger partial charge in [0.05, 0.1) is 6.61 Å². The van der Waals surface area contributed by atoms with Crippen molar-refractivity contribution in [1.29, 1.82) is 0 Å². The molecule has 1 atom stereocenters. The van der Waals surface area contributed by atoms with Gasteiger partial charge in [-0.2, -0.15) is 0 Å². The molecule has 1 aliphatic rings. The van der Waals surface area contributed by atoms with Crippen LogP contribution in [0.4, 0.5) is 0 Å². The molecule has 0 bridgehead atoms. The highest BCUT2D eigenvalue weighted by Gasteiger charge is 2.28. The van der Waals surface area contributed by atoms with E-state index in [1.807, 2.05) is 0 Å². The second-order valence-electron chi connectivity index (χ2n) is 4.24. The summed E-state index contributed by atoms with van der Waals surface area (Å²) in [4.78, 5) is 22.5. The zero-order valence-electron chi connectivity index (χ0n) is 9.89. The van der Waals surface area contributed by atoms with E-state index in [9.17, 15) is 9.59 Å². The Morgan fingerprint density at radius 2 is 2.11 bits per heavy atom. The largest absolute Gasteiger partial charge is 0.508 e. The van der Waals surface area contributed by atoms with Crippen molar-refractivity contribution in [3.8, 4) is 5.75 Å². The third-order valence-corrected chi connectivity index (χ3v) is 2.85. The SMILES string of the molecule is O=C1CC[C@@H](C(=O)OCCc2ccc(O)cc2)N1. The molecule has 0 aromatic heterocycles. The Labute approximate surface area is 105 Å². The minimum atomic E-state index is -0.489. The highest BCUT2D eigenvalue weighted by atomic mass is 16.5. The van der Waals surface area contributed by atoms with Gasteiger partial charge in [0.1, 0.15) is 11.8 Å². The molecule has 1 aliphatic heterocycles. The fraction of sp³-hybridized carbons (Fsp3) is 0.385. The molecule has 1 fully saturated rings. The molecule has 0 spiro atoms. The van der Waals surface area contributed by atoms with E-state index in [2.05, 4.69) is 5.32 Å². The number of amides is 1. The number of ether oxygens (including phenoxy) is 1. The predicted molar refractivity (Wildman–Crippen MR) is 63.9 cm³/mol. The van der Waals surface area contributed by atoms with Gasteiger partial charge in [0.25, 0.3) is 0 Å². The van der Waals surface area contributed by atoms with Crippen LogP contribution in [0.2, 0.25) is 0 Å². The van der Waals surface area contributed by atoms with E-state index in [4.69, 9.17) is 9.84 Å². The van der Waals surface area contributed by atoms with E-state index in [1.54, 1.807) is 24.3 Å². The van der Waals surface area contributed by atoms with Crippen molar-refractivity contribution in [2.45, 2.75) is 25.3 Å². The predicted octanol–water partition coefficient (Wildman–Crippen LogP) is 0.756. The lowest BCUT2D eigenvalue weighted by Crippen LogP contribution is -2.34. The van der Waals surface area contributed by atoms with Crippen LogP contribution in [-0.2, 0) is 20.7 Å². The summed E-state index contributed by atoms with van der Waals surface area (Å²) in [5, 5.41) is 11.7. The summed E-state index contributed by atoms with van der Waals surface area (Å²) in [6.07, 6.45) is 1.49. The first-order chi connectivity index (χ1) is 8.65. The molecule has 0 saturated carbocycles. The average molecular weight is 249 g/mol. The summed E-state index contributed by atoms with van der Waals surface area (Å²) in [5.41, 5.74) is 0.982. The number of esters is 1. The second-order valence-corrected chi connectivity index (χ2v) is 4.24. The molecular weight excluding hydrogens is 234 g/mol. The maximum absolute atomic E-state index is 11.6. The topological polar surface area (TPSA) is 75.6 Å². The number of aromatic hydroxyl groups is 1. The standard InChI is InChI=1S/C13H15NO4/c15-10-3-1-9(2-4-10)7-8-18-13(17)11-5-6-12(16)14-11/h1-4,11,15H,5-8H2,(H,14,16)/t11-/m0/s1. The molecule has 18 heavy (non-hydrogen) atoms. The number of hydrogen-bond acceptors (Lipinski definition) is 4. The minimum absolute atomic E-state index is 0.101. The lowest BCUT2D eigenvalue weighted by Gasteiger charge is -2.10. The van der Waals surface area contributed by atoms with Gasteiger partial charge in [0, 0.05) is 12.8 Å². The highest BCUT2D eigenvalue weighted by molar-refractivity contribution is 5.88. The summed E-state index contributed by atoms with van der Waals surface area (Å²) in [5.74, 6) is -0.264. The molecular formula is C13H15NO4. The molecule has 0 unspecified atom stereocenters. The smallest absolute Gasteiger partial charge is 0.328 e. The Bertz CT molecular complexity index is 441. The fourth-order valence-electron chi connectivity index (χ4n) is 1.82. The van der Waals surface area contributed by atoms with Crippen molar-refractivity contribution in [1.82, 2.24) is 5.32 Å². The molecule has 1 amide bonds. The second kappa shape index (κ2) is 5.53. The van der Waals surface area contributed by atoms with Crippen LogP contribution in [-0.4, -0.2) is 29.6 Å². The number of hydrogen-bond donors (Lipinski definition) is 2. The molecule has 5 nitrogen and oxygen atoms in total. The molecule has 1 heterocycles. The van der Waals surface area contributed by atoms with Crippen molar-refractivity contribution >= 4 is 11.9 Å². The number of carbonyl (C=O) groups excluding carboxylic acids is 2. The number of phenols is 1. The Morgan fingerprint density at radius 1 is 1.39 bits per heavy atom. The van der Waals surface area contributed by atoms with Crippen molar-refractivity contribution in [3.05, 3.63) is 29.8 Å². The third-order valence-electron chi connectivity index (χ3n) is 2.85. The molecule has 2 N–H and O–H groups in total. The molecule has 1 aromatic carbocycles. The maximum atomic E-state index is 11.6. The van der Waals surface area contributed by atoms with Gasteiger partial charge in [-0.15, -0.1) is 0 Å². The molecule has 5 heteroatoms. The van der Waals surface area contributed by atoms with E-state index >= 15 is 0 Å². The van der Waals surface area contributed by atoms with E-state index in [-0.39, 0.29) is 24.2 Å². The van der Waals surface area contributed by atoms with E-state index in [1.165, 1.54) is 0 Å². The zero-order chi connectivity index (χ0) is 13.0. The summed E-state index contributed by atoms with van der Waals surface area (Å²) in [6.45, 7) is 0.274. The first-order valence-electron chi connectivity index (χ1n) is 5.89. The summed E-state index contributed by atoms with van der Waals surface area (Å²) >= 11 is 0. The van der Waals surface area contributed by atoms with Crippen LogP contribution < -0.4 is 5.32 Å². The van der Waals surface area contributed by atoms with Crippen LogP contribution in [0.1, 0.15) is 18.4 Å². The van der Waals surface area contributed by atoms with Crippen molar-refractivity contribution < 1.29 is 19.4 Å². The van der Waals surface area contributed by atoms with Crippen LogP contribution in [0.15, 0.2) is 24.3 Å². The van der Waals surface area contributed by atoms with Crippen LogP contribution >= 0.6 is 0 Å². The van der Waals surface area contributed by atoms with E-state index in [0.717, 1.165) is 5.56 Å². The van der Waals surface area contributed by atoms with Crippen LogP contribution in [0.3, 0.4) is 0 Å². The summed E-state index contributed by atoms with van der Waals surface area (Å²) in [6, 6.07) is 6.25. The molecule has 1 aromatic rings. The quantitative estimate of drug-likeness (QED) is 0.772. The normalized spacial score (nSPS) is 18.4. The number of nitrogens with one attached hydrogen (secondary N) is 1. The fourth-order valence-corrected chi connectivity index (χ4v) is 1.82. The first-order valence-corrected chi connectivity index (χ1v) is 5.89. The van der Waals surface area contributed by atoms with Crippen LogP contribution in [0.25, 0.3) is 0 Å². The highest BCUT2D eigenvalue weighted by Crippen LogP contribution is 2.11. The van der Waals surface area contributed by atoms with Gasteiger partial charge >= 0.3 is 5.97 Å². The molecule has 96 valence electrons. The van der Waals surface area contributed by atoms with Crippen molar-refractivity contribution in [2.75, 3.05) is 6.61 Å². The van der Waals surface area contributed by atoms with Crippen molar-refractivity contribution in [2.24, 2.45) is 0 Å². The molecule has 0 radical (unpaired) electrons. The Hall–Kier alpha value is -2.04. The Morgan fingerprint density at radius 3 is 2.72 bits per heavy atom. The van der Waals surface area contributed by atoms with Crippen LogP contribution in [0, 0.1) is 0 Å². The van der Waals surface area contributed by atoms with Gasteiger partial charge in [-0.25, -0.2) is 4.79 Å². The third kappa shape index (κ3) is 3.23. The number of benzene rings is 1. The lowest BCUT2D eigenvalue weighted by molar-refractivity contribution is -0.146. The molecule has 1 saturated heterocycles. The summed E-state index contributed by atoms with van der Waals surface area (Å²) in [7, 11) is 0. The molecule has 2 rings (SSSR count). The van der Waals surface area contributed by atoms with Gasteiger partial charge in [-0.3, -0.25) is 4.79 Å². The Kier molecular flexibility index (Phi) is 3.82. The minimum Gasteiger partial charge on any atom is -0.508 e. The Balaban J connectivity index is 1.73. The maximum Gasteiger partial charge on any atom is 0.328 e. The van der Waals surface area contributed by atoms with Gasteiger partial charge in [-0.05, 0) is 24.1 Å². The lowest BCUT2D eigenvalue weighted by atomic mass is 10.1. The number of carbonyl (C=O) groups is 2. The van der Waals surface area contributed by atoms with Gasteiger partial charge in [-0.1, -0.05) is 12.1 Å². The zero-order valence-corrected chi connectivity index (χ0v) is 9.89. The van der Waals surface area contributed by atoms with Gasteiger partial charge < -0.3 is 15.2 Å². The van der Waals surface area contributed by atoms with E-state index in [0.29, 0.717) is 19.3 Å². The van der Waals surface area contributed by atoms with Crippen LogP contribution in [0.5, 0.6) is 5.75 Å². The van der Waals surface area contributed by atoms with Gasteiger partial charge in [0.2, 0.25) is 5.91 Å². The molecule has 0 aliphatic carbocycles.